The van der Waals surface area contributed by atoms with Crippen molar-refractivity contribution < 1.29 is 0 Å². The average molecular weight is 408 g/mol. The Balaban J connectivity index is 1.44. The number of hydrogen-bond donors (Lipinski definition) is 1. The summed E-state index contributed by atoms with van der Waals surface area (Å²) in [5.74, 6) is 0.446. The molecular formula is C28H29N3. The topological polar surface area (TPSA) is 20.2 Å². The molecule has 156 valence electrons. The molecule has 3 heteroatoms. The number of rotatable bonds is 4. The second kappa shape index (κ2) is 7.99. The van der Waals surface area contributed by atoms with Gasteiger partial charge in [0.1, 0.15) is 0 Å². The first-order chi connectivity index (χ1) is 15.4. The summed E-state index contributed by atoms with van der Waals surface area (Å²) in [5, 5.41) is 5.36. The second-order valence-corrected chi connectivity index (χ2v) is 8.96. The van der Waals surface area contributed by atoms with Crippen LogP contribution in [-0.4, -0.2) is 29.1 Å². The fourth-order valence-electron chi connectivity index (χ4n) is 5.68. The van der Waals surface area contributed by atoms with Gasteiger partial charge in [-0.1, -0.05) is 78.9 Å². The molecule has 3 heterocycles. The maximum Gasteiger partial charge on any atom is 0.0754 e. The zero-order chi connectivity index (χ0) is 20.6. The van der Waals surface area contributed by atoms with Crippen LogP contribution in [0.4, 0.5) is 0 Å². The van der Waals surface area contributed by atoms with Crippen LogP contribution in [0.1, 0.15) is 34.3 Å². The molecule has 0 radical (unpaired) electrons. The molecule has 3 aromatic carbocycles. The van der Waals surface area contributed by atoms with E-state index in [9.17, 15) is 0 Å². The van der Waals surface area contributed by atoms with Gasteiger partial charge in [0.2, 0.25) is 0 Å². The fraction of sp³-hybridized carbons (Fsp3) is 0.286. The molecule has 0 spiro atoms. The first-order valence-electron chi connectivity index (χ1n) is 11.5. The van der Waals surface area contributed by atoms with E-state index in [-0.39, 0.29) is 0 Å². The largest absolute Gasteiger partial charge is 0.329 e. The molecule has 3 nitrogen and oxygen atoms in total. The molecule has 1 N–H and O–H groups in total. The number of nitrogens with one attached hydrogen (secondary N) is 1. The van der Waals surface area contributed by atoms with Gasteiger partial charge in [-0.15, -0.1) is 0 Å². The molecule has 2 atom stereocenters. The minimum Gasteiger partial charge on any atom is -0.329 e. The molecule has 0 bridgehead atoms. The zero-order valence-electron chi connectivity index (χ0n) is 17.9. The van der Waals surface area contributed by atoms with Crippen LogP contribution in [0.25, 0.3) is 10.9 Å². The van der Waals surface area contributed by atoms with Crippen LogP contribution in [0.3, 0.4) is 0 Å². The Bertz CT molecular complexity index is 1180. The van der Waals surface area contributed by atoms with Gasteiger partial charge in [-0.2, -0.15) is 0 Å². The number of aromatic nitrogens is 1. The minimum atomic E-state index is 0.361. The SMILES string of the molecule is c1ccc(CCN2C[C@@H](c3ccccc3)[C@@H]3NCCc4c3n(c3ccccc43)C2)cc1. The van der Waals surface area contributed by atoms with Crippen LogP contribution in [-0.2, 0) is 19.5 Å². The highest BCUT2D eigenvalue weighted by molar-refractivity contribution is 5.86. The van der Waals surface area contributed by atoms with Crippen molar-refractivity contribution in [2.24, 2.45) is 0 Å². The van der Waals surface area contributed by atoms with Gasteiger partial charge in [-0.05, 0) is 42.1 Å². The Morgan fingerprint density at radius 2 is 1.58 bits per heavy atom. The van der Waals surface area contributed by atoms with E-state index in [1.165, 1.54) is 27.7 Å². The third-order valence-electron chi connectivity index (χ3n) is 7.14. The van der Waals surface area contributed by atoms with Crippen LogP contribution < -0.4 is 5.32 Å². The van der Waals surface area contributed by atoms with Crippen LogP contribution in [0.5, 0.6) is 0 Å². The van der Waals surface area contributed by atoms with Crippen molar-refractivity contribution in [1.82, 2.24) is 14.8 Å². The monoisotopic (exact) mass is 407 g/mol. The minimum absolute atomic E-state index is 0.361. The van der Waals surface area contributed by atoms with E-state index < -0.39 is 0 Å². The van der Waals surface area contributed by atoms with Crippen molar-refractivity contribution in [1.29, 1.82) is 0 Å². The van der Waals surface area contributed by atoms with Gasteiger partial charge in [0.25, 0.3) is 0 Å². The average Bonchev–Trinajstić information content (AvgIpc) is 3.05. The van der Waals surface area contributed by atoms with Crippen molar-refractivity contribution >= 4 is 10.9 Å². The summed E-state index contributed by atoms with van der Waals surface area (Å²) in [6.07, 6.45) is 2.20. The third kappa shape index (κ3) is 3.38. The molecule has 6 rings (SSSR count). The van der Waals surface area contributed by atoms with Gasteiger partial charge in [0.05, 0.1) is 12.7 Å². The molecule has 4 aromatic rings. The van der Waals surface area contributed by atoms with E-state index in [2.05, 4.69) is 99.7 Å². The molecular weight excluding hydrogens is 378 g/mol. The number of hydrogen-bond acceptors (Lipinski definition) is 2. The molecule has 31 heavy (non-hydrogen) atoms. The summed E-state index contributed by atoms with van der Waals surface area (Å²) in [7, 11) is 0. The van der Waals surface area contributed by atoms with E-state index in [1.807, 2.05) is 0 Å². The summed E-state index contributed by atoms with van der Waals surface area (Å²) >= 11 is 0. The highest BCUT2D eigenvalue weighted by Crippen LogP contribution is 2.42. The van der Waals surface area contributed by atoms with Crippen molar-refractivity contribution in [3.8, 4) is 0 Å². The van der Waals surface area contributed by atoms with Crippen LogP contribution >= 0.6 is 0 Å². The lowest BCUT2D eigenvalue weighted by Gasteiger charge is -2.32. The molecule has 2 aliphatic heterocycles. The Kier molecular flexibility index (Phi) is 4.86. The molecule has 2 aliphatic rings. The van der Waals surface area contributed by atoms with Crippen LogP contribution in [0, 0.1) is 0 Å². The maximum absolute atomic E-state index is 3.91. The standard InChI is InChI=1S/C28H29N3/c1-3-9-21(10-4-1)16-18-30-19-25(22-11-5-2-6-12-22)27-28-24(15-17-29-27)23-13-7-8-14-26(23)31(28)20-30/h1-14,25,27,29H,15-20H2/t25-,27-/m0/s1. The third-order valence-corrected chi connectivity index (χ3v) is 7.14. The molecule has 1 aromatic heterocycles. The van der Waals surface area contributed by atoms with E-state index in [4.69, 9.17) is 0 Å². The molecule has 0 amide bonds. The van der Waals surface area contributed by atoms with Crippen molar-refractivity contribution in [3.05, 3.63) is 107 Å². The normalized spacial score (nSPS) is 21.0. The van der Waals surface area contributed by atoms with Gasteiger partial charge in [-0.3, -0.25) is 4.90 Å². The quantitative estimate of drug-likeness (QED) is 0.506. The highest BCUT2D eigenvalue weighted by atomic mass is 15.3. The van der Waals surface area contributed by atoms with Crippen LogP contribution in [0.15, 0.2) is 84.9 Å². The Hall–Kier alpha value is -2.88. The van der Waals surface area contributed by atoms with Gasteiger partial charge >= 0.3 is 0 Å². The van der Waals surface area contributed by atoms with E-state index in [1.54, 1.807) is 5.56 Å². The van der Waals surface area contributed by atoms with Gasteiger partial charge < -0.3 is 9.88 Å². The smallest absolute Gasteiger partial charge is 0.0754 e. The number of para-hydroxylation sites is 1. The molecule has 0 saturated carbocycles. The van der Waals surface area contributed by atoms with Crippen LogP contribution in [0.2, 0.25) is 0 Å². The van der Waals surface area contributed by atoms with Crippen molar-refractivity contribution in [3.63, 3.8) is 0 Å². The van der Waals surface area contributed by atoms with Gasteiger partial charge in [0, 0.05) is 35.6 Å². The van der Waals surface area contributed by atoms with E-state index in [0.717, 1.165) is 39.1 Å². The second-order valence-electron chi connectivity index (χ2n) is 8.96. The molecule has 0 unspecified atom stereocenters. The Morgan fingerprint density at radius 1 is 0.839 bits per heavy atom. The summed E-state index contributed by atoms with van der Waals surface area (Å²) in [6, 6.07) is 31.4. The Morgan fingerprint density at radius 3 is 2.42 bits per heavy atom. The van der Waals surface area contributed by atoms with E-state index in [0.29, 0.717) is 12.0 Å². The number of nitrogens with zero attached hydrogens (tertiary/aromatic N) is 2. The van der Waals surface area contributed by atoms with Crippen molar-refractivity contribution in [2.75, 3.05) is 19.6 Å². The van der Waals surface area contributed by atoms with E-state index >= 15 is 0 Å². The summed E-state index contributed by atoms with van der Waals surface area (Å²) in [5.41, 5.74) is 7.32. The zero-order valence-corrected chi connectivity index (χ0v) is 17.9. The maximum atomic E-state index is 3.91. The van der Waals surface area contributed by atoms with Crippen molar-refractivity contribution in [2.45, 2.75) is 31.5 Å². The highest BCUT2D eigenvalue weighted by Gasteiger charge is 2.37. The van der Waals surface area contributed by atoms with Gasteiger partial charge in [-0.25, -0.2) is 0 Å². The first kappa shape index (κ1) is 18.9. The molecule has 0 fully saturated rings. The predicted molar refractivity (Wildman–Crippen MR) is 127 cm³/mol. The lowest BCUT2D eigenvalue weighted by molar-refractivity contribution is 0.216. The predicted octanol–water partition coefficient (Wildman–Crippen LogP) is 5.13. The van der Waals surface area contributed by atoms with Gasteiger partial charge in [0.15, 0.2) is 0 Å². The lowest BCUT2D eigenvalue weighted by atomic mass is 9.85. The molecule has 0 aliphatic carbocycles. The summed E-state index contributed by atoms with van der Waals surface area (Å²) in [6.45, 7) is 4.16. The number of fused-ring (bicyclic) bond motifs is 3. The summed E-state index contributed by atoms with van der Waals surface area (Å²) < 4.78 is 2.61. The molecule has 0 saturated heterocycles. The lowest BCUT2D eigenvalue weighted by Crippen LogP contribution is -2.36. The Labute approximate surface area is 184 Å². The summed E-state index contributed by atoms with van der Waals surface area (Å²) in [4.78, 5) is 2.66. The first-order valence-corrected chi connectivity index (χ1v) is 11.5. The number of benzene rings is 3. The fourth-order valence-corrected chi connectivity index (χ4v) is 5.68.